The van der Waals surface area contributed by atoms with E-state index >= 15 is 0 Å². The predicted octanol–water partition coefficient (Wildman–Crippen LogP) is 5.34. The zero-order valence-corrected chi connectivity index (χ0v) is 11.6. The van der Waals surface area contributed by atoms with Crippen LogP contribution in [0, 0.1) is 17.3 Å². The van der Waals surface area contributed by atoms with E-state index in [0.29, 0.717) is 5.41 Å². The highest BCUT2D eigenvalue weighted by molar-refractivity contribution is 5.27. The molecule has 92 valence electrons. The van der Waals surface area contributed by atoms with Crippen LogP contribution in [0.5, 0.6) is 0 Å². The van der Waals surface area contributed by atoms with Crippen LogP contribution in [0.1, 0.15) is 72.6 Å². The third-order valence-corrected chi connectivity index (χ3v) is 4.85. The first-order valence-corrected chi connectivity index (χ1v) is 7.26. The molecule has 2 aliphatic rings. The van der Waals surface area contributed by atoms with Gasteiger partial charge in [0.15, 0.2) is 0 Å². The summed E-state index contributed by atoms with van der Waals surface area (Å²) in [5.74, 6) is 1.55. The van der Waals surface area contributed by atoms with Gasteiger partial charge in [0.2, 0.25) is 0 Å². The van der Waals surface area contributed by atoms with E-state index in [1.807, 2.05) is 11.1 Å². The summed E-state index contributed by atoms with van der Waals surface area (Å²) in [6, 6.07) is 0. The number of rotatable bonds is 2. The molecule has 2 aliphatic carbocycles. The van der Waals surface area contributed by atoms with Crippen molar-refractivity contribution in [3.05, 3.63) is 11.1 Å². The summed E-state index contributed by atoms with van der Waals surface area (Å²) in [5.41, 5.74) is 4.34. The summed E-state index contributed by atoms with van der Waals surface area (Å²) in [6.07, 6.45) is 10.3. The van der Waals surface area contributed by atoms with Gasteiger partial charge in [-0.1, -0.05) is 58.1 Å². The number of hydrogen-bond acceptors (Lipinski definition) is 0. The lowest BCUT2D eigenvalue weighted by molar-refractivity contribution is 0.197. The maximum Gasteiger partial charge on any atom is -0.0223 e. The van der Waals surface area contributed by atoms with Gasteiger partial charge in [0, 0.05) is 0 Å². The van der Waals surface area contributed by atoms with Crippen molar-refractivity contribution in [1.29, 1.82) is 0 Å². The van der Waals surface area contributed by atoms with Gasteiger partial charge < -0.3 is 0 Å². The van der Waals surface area contributed by atoms with E-state index in [1.54, 1.807) is 0 Å². The molecule has 0 heteroatoms. The predicted molar refractivity (Wildman–Crippen MR) is 71.5 cm³/mol. The molecule has 0 aromatic rings. The van der Waals surface area contributed by atoms with Crippen LogP contribution in [0.3, 0.4) is 0 Å². The van der Waals surface area contributed by atoms with Gasteiger partial charge in [0.1, 0.15) is 0 Å². The molecule has 0 saturated heterocycles. The molecule has 0 nitrogen and oxygen atoms in total. The Labute approximate surface area is 102 Å². The van der Waals surface area contributed by atoms with Gasteiger partial charge in [0.05, 0.1) is 0 Å². The molecular formula is C16H28. The minimum absolute atomic E-state index is 0.706. The molecule has 2 rings (SSSR count). The highest BCUT2D eigenvalue weighted by Crippen LogP contribution is 2.54. The third-order valence-electron chi connectivity index (χ3n) is 4.85. The van der Waals surface area contributed by atoms with Crippen LogP contribution in [-0.2, 0) is 0 Å². The van der Waals surface area contributed by atoms with Crippen molar-refractivity contribution in [1.82, 2.24) is 0 Å². The van der Waals surface area contributed by atoms with Crippen LogP contribution in [0.15, 0.2) is 11.1 Å². The highest BCUT2D eigenvalue weighted by atomic mass is 14.4. The molecule has 0 atom stereocenters. The van der Waals surface area contributed by atoms with Crippen LogP contribution >= 0.6 is 0 Å². The van der Waals surface area contributed by atoms with Crippen LogP contribution in [-0.4, -0.2) is 0 Å². The molecule has 0 radical (unpaired) electrons. The maximum absolute atomic E-state index is 2.39. The monoisotopic (exact) mass is 220 g/mol. The Balaban J connectivity index is 2.17. The largest absolute Gasteiger partial charge is 0.0676 e. The van der Waals surface area contributed by atoms with Gasteiger partial charge in [-0.2, -0.15) is 0 Å². The Hall–Kier alpha value is -0.260. The molecule has 0 aliphatic heterocycles. The number of hydrogen-bond donors (Lipinski definition) is 0. The number of allylic oxidation sites excluding steroid dienone is 2. The van der Waals surface area contributed by atoms with Crippen molar-refractivity contribution in [2.45, 2.75) is 72.6 Å². The van der Waals surface area contributed by atoms with Gasteiger partial charge in [-0.05, 0) is 42.9 Å². The fraction of sp³-hybridized carbons (Fsp3) is 0.875. The topological polar surface area (TPSA) is 0 Å². The van der Waals surface area contributed by atoms with E-state index in [1.165, 1.54) is 44.9 Å². The molecule has 0 N–H and O–H groups in total. The summed E-state index contributed by atoms with van der Waals surface area (Å²) in [4.78, 5) is 0. The Morgan fingerprint density at radius 1 is 0.750 bits per heavy atom. The summed E-state index contributed by atoms with van der Waals surface area (Å²) < 4.78 is 0. The van der Waals surface area contributed by atoms with Gasteiger partial charge in [-0.3, -0.25) is 0 Å². The van der Waals surface area contributed by atoms with Crippen LogP contribution in [0.2, 0.25) is 0 Å². The van der Waals surface area contributed by atoms with Crippen molar-refractivity contribution < 1.29 is 0 Å². The van der Waals surface area contributed by atoms with E-state index in [4.69, 9.17) is 0 Å². The smallest absolute Gasteiger partial charge is 0.0223 e. The fourth-order valence-electron chi connectivity index (χ4n) is 3.90. The highest BCUT2D eigenvalue weighted by Gasteiger charge is 2.40. The molecule has 0 aromatic heterocycles. The zero-order valence-electron chi connectivity index (χ0n) is 11.6. The van der Waals surface area contributed by atoms with Gasteiger partial charge >= 0.3 is 0 Å². The van der Waals surface area contributed by atoms with Gasteiger partial charge in [-0.25, -0.2) is 0 Å². The second-order valence-electron chi connectivity index (χ2n) is 6.77. The van der Waals surface area contributed by atoms with Crippen molar-refractivity contribution in [2.75, 3.05) is 0 Å². The molecule has 0 amide bonds. The lowest BCUT2D eigenvalue weighted by atomic mass is 9.71. The van der Waals surface area contributed by atoms with E-state index < -0.39 is 0 Å². The average Bonchev–Trinajstić information content (AvgIpc) is 2.59. The molecule has 16 heavy (non-hydrogen) atoms. The molecule has 1 fully saturated rings. The van der Waals surface area contributed by atoms with Gasteiger partial charge in [-0.15, -0.1) is 0 Å². The summed E-state index contributed by atoms with van der Waals surface area (Å²) in [6.45, 7) is 9.55. The zero-order chi connectivity index (χ0) is 11.8. The maximum atomic E-state index is 2.39. The Morgan fingerprint density at radius 2 is 1.19 bits per heavy atom. The summed E-state index contributed by atoms with van der Waals surface area (Å²) in [5, 5.41) is 0. The molecule has 1 saturated carbocycles. The minimum atomic E-state index is 0.706. The molecule has 0 bridgehead atoms. The second kappa shape index (κ2) is 4.55. The second-order valence-corrected chi connectivity index (χ2v) is 6.77. The molecule has 1 spiro atoms. The third kappa shape index (κ3) is 2.21. The van der Waals surface area contributed by atoms with E-state index in [2.05, 4.69) is 27.7 Å². The van der Waals surface area contributed by atoms with E-state index in [-0.39, 0.29) is 0 Å². The first-order chi connectivity index (χ1) is 7.54. The normalized spacial score (nSPS) is 25.1. The van der Waals surface area contributed by atoms with E-state index in [0.717, 1.165) is 11.8 Å². The summed E-state index contributed by atoms with van der Waals surface area (Å²) in [7, 11) is 0. The first-order valence-electron chi connectivity index (χ1n) is 7.26. The van der Waals surface area contributed by atoms with Crippen LogP contribution in [0.25, 0.3) is 0 Å². The molecule has 0 heterocycles. The van der Waals surface area contributed by atoms with Crippen LogP contribution < -0.4 is 0 Å². The van der Waals surface area contributed by atoms with Crippen molar-refractivity contribution in [3.8, 4) is 0 Å². The average molecular weight is 220 g/mol. The van der Waals surface area contributed by atoms with Crippen molar-refractivity contribution in [3.63, 3.8) is 0 Å². The Kier molecular flexibility index (Phi) is 3.47. The standard InChI is InChI=1S/C16H28/c1-12(2)14-10-16(8-6-5-7-9-16)11-15(14)13(3)4/h12-13H,5-11H2,1-4H3. The molecule has 0 unspecified atom stereocenters. The van der Waals surface area contributed by atoms with Crippen molar-refractivity contribution >= 4 is 0 Å². The molecular weight excluding hydrogens is 192 g/mol. The van der Waals surface area contributed by atoms with Crippen LogP contribution in [0.4, 0.5) is 0 Å². The summed E-state index contributed by atoms with van der Waals surface area (Å²) >= 11 is 0. The van der Waals surface area contributed by atoms with Gasteiger partial charge in [0.25, 0.3) is 0 Å². The Bertz CT molecular complexity index is 252. The lowest BCUT2D eigenvalue weighted by Crippen LogP contribution is -2.21. The molecule has 0 aromatic carbocycles. The lowest BCUT2D eigenvalue weighted by Gasteiger charge is -2.34. The van der Waals surface area contributed by atoms with E-state index in [9.17, 15) is 0 Å². The first kappa shape index (κ1) is 12.2. The quantitative estimate of drug-likeness (QED) is 0.551. The minimum Gasteiger partial charge on any atom is -0.0676 e. The van der Waals surface area contributed by atoms with Crippen molar-refractivity contribution in [2.24, 2.45) is 17.3 Å². The fourth-order valence-corrected chi connectivity index (χ4v) is 3.90. The SMILES string of the molecule is CC(C)C1=C(C(C)C)CC2(CCCCC2)C1. The Morgan fingerprint density at radius 3 is 1.56 bits per heavy atom.